The molecule has 3 atom stereocenters. The van der Waals surface area contributed by atoms with Crippen LogP contribution in [0.5, 0.6) is 0 Å². The number of nitrogens with one attached hydrogen (secondary N) is 1. The summed E-state index contributed by atoms with van der Waals surface area (Å²) >= 11 is 0. The molecule has 0 bridgehead atoms. The lowest BCUT2D eigenvalue weighted by molar-refractivity contribution is -0.0393. The molecule has 2 heterocycles. The van der Waals surface area contributed by atoms with Gasteiger partial charge in [-0.05, 0) is 30.4 Å². The number of hydrogen-bond acceptors (Lipinski definition) is 4. The van der Waals surface area contributed by atoms with E-state index in [0.29, 0.717) is 11.5 Å². The van der Waals surface area contributed by atoms with Gasteiger partial charge in [-0.15, -0.1) is 0 Å². The zero-order valence-corrected chi connectivity index (χ0v) is 13.5. The van der Waals surface area contributed by atoms with Gasteiger partial charge in [0, 0.05) is 25.7 Å². The van der Waals surface area contributed by atoms with Crippen LogP contribution in [0.3, 0.4) is 0 Å². The van der Waals surface area contributed by atoms with Crippen molar-refractivity contribution in [1.29, 1.82) is 0 Å². The largest absolute Gasteiger partial charge is 0.388 e. The Kier molecular flexibility index (Phi) is 5.14. The van der Waals surface area contributed by atoms with Crippen LogP contribution in [-0.2, 0) is 4.74 Å². The first-order chi connectivity index (χ1) is 10.7. The van der Waals surface area contributed by atoms with E-state index in [2.05, 4.69) is 17.1 Å². The number of nitrogens with zero attached hydrogens (tertiary/aromatic N) is 1. The standard InChI is InChI=1S/C18H28N2O2/c1-18(7-8-19-13-18)14-20-9-10-22-12-16(20)11-17(21)15-5-3-2-4-6-15/h2-6,16-17,19,21H,7-14H2,1H3. The summed E-state index contributed by atoms with van der Waals surface area (Å²) in [4.78, 5) is 2.53. The fraction of sp³-hybridized carbons (Fsp3) is 0.667. The summed E-state index contributed by atoms with van der Waals surface area (Å²) in [7, 11) is 0. The quantitative estimate of drug-likeness (QED) is 0.871. The molecule has 3 rings (SSSR count). The van der Waals surface area contributed by atoms with E-state index in [1.807, 2.05) is 30.3 Å². The number of morpholine rings is 1. The number of hydrogen-bond donors (Lipinski definition) is 2. The third kappa shape index (κ3) is 3.87. The van der Waals surface area contributed by atoms with Crippen molar-refractivity contribution in [3.05, 3.63) is 35.9 Å². The Labute approximate surface area is 133 Å². The third-order valence-corrected chi connectivity index (χ3v) is 5.07. The lowest BCUT2D eigenvalue weighted by Gasteiger charge is -2.41. The van der Waals surface area contributed by atoms with Gasteiger partial charge in [-0.25, -0.2) is 0 Å². The van der Waals surface area contributed by atoms with E-state index in [9.17, 15) is 5.11 Å². The molecule has 0 aromatic heterocycles. The monoisotopic (exact) mass is 304 g/mol. The third-order valence-electron chi connectivity index (χ3n) is 5.07. The van der Waals surface area contributed by atoms with Gasteiger partial charge in [0.15, 0.2) is 0 Å². The molecule has 2 aliphatic rings. The summed E-state index contributed by atoms with van der Waals surface area (Å²) in [6.07, 6.45) is 1.57. The van der Waals surface area contributed by atoms with Crippen molar-refractivity contribution in [2.75, 3.05) is 39.4 Å². The van der Waals surface area contributed by atoms with Gasteiger partial charge < -0.3 is 15.2 Å². The van der Waals surface area contributed by atoms with Gasteiger partial charge in [0.25, 0.3) is 0 Å². The molecular formula is C18H28N2O2. The van der Waals surface area contributed by atoms with Crippen molar-refractivity contribution >= 4 is 0 Å². The Balaban J connectivity index is 1.62. The fourth-order valence-electron chi connectivity index (χ4n) is 3.68. The first kappa shape index (κ1) is 15.9. The highest BCUT2D eigenvalue weighted by Crippen LogP contribution is 2.29. The minimum atomic E-state index is -0.412. The Bertz CT molecular complexity index is 459. The summed E-state index contributed by atoms with van der Waals surface area (Å²) in [5, 5.41) is 14.0. The average molecular weight is 304 g/mol. The highest BCUT2D eigenvalue weighted by atomic mass is 16.5. The minimum Gasteiger partial charge on any atom is -0.388 e. The molecule has 1 aromatic rings. The number of benzene rings is 1. The van der Waals surface area contributed by atoms with Crippen LogP contribution in [0, 0.1) is 5.41 Å². The summed E-state index contributed by atoms with van der Waals surface area (Å²) in [5.41, 5.74) is 1.36. The van der Waals surface area contributed by atoms with Crippen molar-refractivity contribution in [3.8, 4) is 0 Å². The molecule has 2 aliphatic heterocycles. The second-order valence-electron chi connectivity index (χ2n) is 7.10. The topological polar surface area (TPSA) is 44.7 Å². The van der Waals surface area contributed by atoms with Crippen molar-refractivity contribution in [1.82, 2.24) is 10.2 Å². The van der Waals surface area contributed by atoms with Crippen LogP contribution in [0.2, 0.25) is 0 Å². The van der Waals surface area contributed by atoms with Crippen molar-refractivity contribution in [2.45, 2.75) is 31.9 Å². The zero-order chi connectivity index (χ0) is 15.4. The van der Waals surface area contributed by atoms with E-state index < -0.39 is 6.10 Å². The zero-order valence-electron chi connectivity index (χ0n) is 13.5. The van der Waals surface area contributed by atoms with Crippen LogP contribution in [0.25, 0.3) is 0 Å². The number of ether oxygens (including phenoxy) is 1. The van der Waals surface area contributed by atoms with Crippen LogP contribution < -0.4 is 5.32 Å². The number of rotatable bonds is 5. The molecule has 0 radical (unpaired) electrons. The van der Waals surface area contributed by atoms with Gasteiger partial charge in [0.2, 0.25) is 0 Å². The predicted octanol–water partition coefficient (Wildman–Crippen LogP) is 1.81. The van der Waals surface area contributed by atoms with Crippen molar-refractivity contribution in [2.24, 2.45) is 5.41 Å². The number of aliphatic hydroxyl groups excluding tert-OH is 1. The molecule has 2 saturated heterocycles. The Hall–Kier alpha value is -0.940. The van der Waals surface area contributed by atoms with Crippen molar-refractivity contribution < 1.29 is 9.84 Å². The SMILES string of the molecule is CC1(CN2CCOCC2CC(O)c2ccccc2)CCNC1. The number of aliphatic hydroxyl groups is 1. The predicted molar refractivity (Wildman–Crippen MR) is 87.8 cm³/mol. The molecule has 4 nitrogen and oxygen atoms in total. The van der Waals surface area contributed by atoms with E-state index in [1.54, 1.807) is 0 Å². The second kappa shape index (κ2) is 7.09. The highest BCUT2D eigenvalue weighted by Gasteiger charge is 2.35. The molecule has 0 saturated carbocycles. The molecule has 0 spiro atoms. The molecule has 0 amide bonds. The summed E-state index contributed by atoms with van der Waals surface area (Å²) in [6, 6.07) is 10.3. The molecule has 122 valence electrons. The van der Waals surface area contributed by atoms with Crippen LogP contribution in [-0.4, -0.2) is 55.4 Å². The lowest BCUT2D eigenvalue weighted by Crippen LogP contribution is -2.50. The maximum Gasteiger partial charge on any atom is 0.0805 e. The molecule has 2 fully saturated rings. The maximum atomic E-state index is 10.5. The van der Waals surface area contributed by atoms with Gasteiger partial charge in [-0.3, -0.25) is 4.90 Å². The molecular weight excluding hydrogens is 276 g/mol. The van der Waals surface area contributed by atoms with Gasteiger partial charge in [0.1, 0.15) is 0 Å². The van der Waals surface area contributed by atoms with E-state index in [-0.39, 0.29) is 0 Å². The van der Waals surface area contributed by atoms with E-state index in [4.69, 9.17) is 4.74 Å². The average Bonchev–Trinajstić information content (AvgIpc) is 2.96. The summed E-state index contributed by atoms with van der Waals surface area (Å²) in [6.45, 7) is 8.19. The Morgan fingerprint density at radius 3 is 2.95 bits per heavy atom. The van der Waals surface area contributed by atoms with Crippen LogP contribution >= 0.6 is 0 Å². The van der Waals surface area contributed by atoms with Crippen molar-refractivity contribution in [3.63, 3.8) is 0 Å². The van der Waals surface area contributed by atoms with E-state index in [1.165, 1.54) is 6.42 Å². The fourth-order valence-corrected chi connectivity index (χ4v) is 3.68. The van der Waals surface area contributed by atoms with Gasteiger partial charge in [0.05, 0.1) is 19.3 Å². The Morgan fingerprint density at radius 1 is 1.41 bits per heavy atom. The van der Waals surface area contributed by atoms with E-state index in [0.717, 1.165) is 51.4 Å². The molecule has 2 N–H and O–H groups in total. The van der Waals surface area contributed by atoms with Gasteiger partial charge >= 0.3 is 0 Å². The van der Waals surface area contributed by atoms with Crippen LogP contribution in [0.4, 0.5) is 0 Å². The first-order valence-electron chi connectivity index (χ1n) is 8.42. The molecule has 1 aromatic carbocycles. The molecule has 0 aliphatic carbocycles. The van der Waals surface area contributed by atoms with Crippen LogP contribution in [0.1, 0.15) is 31.4 Å². The normalized spacial score (nSPS) is 31.3. The van der Waals surface area contributed by atoms with Gasteiger partial charge in [-0.2, -0.15) is 0 Å². The highest BCUT2D eigenvalue weighted by molar-refractivity contribution is 5.17. The smallest absolute Gasteiger partial charge is 0.0805 e. The van der Waals surface area contributed by atoms with Crippen LogP contribution in [0.15, 0.2) is 30.3 Å². The van der Waals surface area contributed by atoms with Gasteiger partial charge in [-0.1, -0.05) is 37.3 Å². The molecule has 3 unspecified atom stereocenters. The second-order valence-corrected chi connectivity index (χ2v) is 7.10. The molecule has 4 heteroatoms. The molecule has 22 heavy (non-hydrogen) atoms. The first-order valence-corrected chi connectivity index (χ1v) is 8.42. The minimum absolute atomic E-state index is 0.307. The van der Waals surface area contributed by atoms with E-state index >= 15 is 0 Å². The summed E-state index contributed by atoms with van der Waals surface area (Å²) in [5.74, 6) is 0. The Morgan fingerprint density at radius 2 is 2.23 bits per heavy atom. The summed E-state index contributed by atoms with van der Waals surface area (Å²) < 4.78 is 5.68. The maximum absolute atomic E-state index is 10.5. The lowest BCUT2D eigenvalue weighted by atomic mass is 9.88.